The van der Waals surface area contributed by atoms with Crippen LogP contribution in [0.4, 0.5) is 0 Å². The Kier molecular flexibility index (Phi) is 4.12. The molecule has 0 amide bonds. The molecule has 0 spiro atoms. The minimum atomic E-state index is -3.28. The van der Waals surface area contributed by atoms with Crippen molar-refractivity contribution in [3.63, 3.8) is 0 Å². The Bertz CT molecular complexity index is 1840. The van der Waals surface area contributed by atoms with Gasteiger partial charge in [-0.1, -0.05) is 97.1 Å². The molecule has 0 aliphatic carbocycles. The first-order chi connectivity index (χ1) is 16.7. The predicted octanol–water partition coefficient (Wildman–Crippen LogP) is 7.12. The summed E-state index contributed by atoms with van der Waals surface area (Å²) in [5.74, 6) is 0. The largest absolute Gasteiger partial charge is 0.456 e. The van der Waals surface area contributed by atoms with Crippen molar-refractivity contribution in [2.75, 3.05) is 0 Å². The van der Waals surface area contributed by atoms with Gasteiger partial charge in [-0.3, -0.25) is 0 Å². The van der Waals surface area contributed by atoms with E-state index in [4.69, 9.17) is 8.83 Å². The zero-order valence-electron chi connectivity index (χ0n) is 18.1. The molecule has 2 aromatic heterocycles. The molecule has 0 saturated carbocycles. The highest BCUT2D eigenvalue weighted by molar-refractivity contribution is 7.85. The summed E-state index contributed by atoms with van der Waals surface area (Å²) in [6.45, 7) is 0. The van der Waals surface area contributed by atoms with Gasteiger partial charge in [0, 0.05) is 32.2 Å². The SMILES string of the molecule is O=P(c1ccccc1)(c1ccccc1)c1cc2oc3ccccc3c2c2c1oc1ccccc12. The summed E-state index contributed by atoms with van der Waals surface area (Å²) >= 11 is 0. The van der Waals surface area contributed by atoms with Crippen molar-refractivity contribution in [1.29, 1.82) is 0 Å². The summed E-state index contributed by atoms with van der Waals surface area (Å²) in [5.41, 5.74) is 2.93. The first-order valence-corrected chi connectivity index (χ1v) is 12.9. The minimum Gasteiger partial charge on any atom is -0.456 e. The Hall–Kier alpha value is -4.07. The Morgan fingerprint density at radius 3 is 1.62 bits per heavy atom. The van der Waals surface area contributed by atoms with Crippen LogP contribution in [-0.2, 0) is 4.57 Å². The number of hydrogen-bond donors (Lipinski definition) is 0. The maximum atomic E-state index is 15.3. The molecule has 3 nitrogen and oxygen atoms in total. The smallest absolute Gasteiger partial charge is 0.174 e. The van der Waals surface area contributed by atoms with Gasteiger partial charge in [0.2, 0.25) is 0 Å². The summed E-state index contributed by atoms with van der Waals surface area (Å²) < 4.78 is 28.1. The lowest BCUT2D eigenvalue weighted by molar-refractivity contribution is 0.592. The number of rotatable bonds is 3. The summed E-state index contributed by atoms with van der Waals surface area (Å²) in [5, 5.41) is 6.13. The molecule has 0 aliphatic heterocycles. The zero-order valence-corrected chi connectivity index (χ0v) is 19.0. The van der Waals surface area contributed by atoms with Gasteiger partial charge in [-0.2, -0.15) is 0 Å². The van der Waals surface area contributed by atoms with Crippen LogP contribution in [0.3, 0.4) is 0 Å². The highest BCUT2D eigenvalue weighted by Gasteiger charge is 2.35. The summed E-state index contributed by atoms with van der Waals surface area (Å²) in [6, 6.07) is 37.3. The summed E-state index contributed by atoms with van der Waals surface area (Å²) in [6.07, 6.45) is 0. The molecule has 162 valence electrons. The van der Waals surface area contributed by atoms with E-state index in [1.807, 2.05) is 103 Å². The van der Waals surface area contributed by atoms with E-state index in [0.717, 1.165) is 43.3 Å². The second-order valence-electron chi connectivity index (χ2n) is 8.45. The Morgan fingerprint density at radius 2 is 1.00 bits per heavy atom. The van der Waals surface area contributed by atoms with Crippen LogP contribution in [0.2, 0.25) is 0 Å². The third kappa shape index (κ3) is 2.62. The van der Waals surface area contributed by atoms with Gasteiger partial charge in [-0.15, -0.1) is 0 Å². The van der Waals surface area contributed by atoms with Gasteiger partial charge >= 0.3 is 0 Å². The van der Waals surface area contributed by atoms with Crippen LogP contribution in [0.25, 0.3) is 43.9 Å². The number of para-hydroxylation sites is 2. The van der Waals surface area contributed by atoms with E-state index in [0.29, 0.717) is 16.5 Å². The van der Waals surface area contributed by atoms with E-state index in [-0.39, 0.29) is 0 Å². The average Bonchev–Trinajstić information content (AvgIpc) is 3.47. The van der Waals surface area contributed by atoms with Gasteiger partial charge in [-0.25, -0.2) is 0 Å². The van der Waals surface area contributed by atoms with Gasteiger partial charge < -0.3 is 13.4 Å². The van der Waals surface area contributed by atoms with E-state index in [9.17, 15) is 0 Å². The third-order valence-electron chi connectivity index (χ3n) is 6.55. The molecule has 0 aliphatic rings. The van der Waals surface area contributed by atoms with E-state index in [1.165, 1.54) is 0 Å². The lowest BCUT2D eigenvalue weighted by Crippen LogP contribution is -2.25. The van der Waals surface area contributed by atoms with Crippen molar-refractivity contribution in [1.82, 2.24) is 0 Å². The van der Waals surface area contributed by atoms with Crippen LogP contribution in [0.15, 0.2) is 124 Å². The lowest BCUT2D eigenvalue weighted by atomic mass is 10.1. The highest BCUT2D eigenvalue weighted by Crippen LogP contribution is 2.48. The third-order valence-corrected chi connectivity index (χ3v) is 9.61. The number of hydrogen-bond acceptors (Lipinski definition) is 3. The van der Waals surface area contributed by atoms with Crippen LogP contribution in [0.5, 0.6) is 0 Å². The van der Waals surface area contributed by atoms with Crippen LogP contribution in [-0.4, -0.2) is 0 Å². The highest BCUT2D eigenvalue weighted by atomic mass is 31.2. The lowest BCUT2D eigenvalue weighted by Gasteiger charge is -2.20. The average molecular weight is 458 g/mol. The van der Waals surface area contributed by atoms with E-state index < -0.39 is 7.14 Å². The van der Waals surface area contributed by atoms with Crippen molar-refractivity contribution >= 4 is 66.9 Å². The fraction of sp³-hybridized carbons (Fsp3) is 0. The zero-order chi connectivity index (χ0) is 22.7. The molecule has 5 aromatic carbocycles. The fourth-order valence-corrected chi connectivity index (χ4v) is 7.81. The maximum absolute atomic E-state index is 15.3. The van der Waals surface area contributed by atoms with E-state index >= 15 is 4.57 Å². The predicted molar refractivity (Wildman–Crippen MR) is 140 cm³/mol. The van der Waals surface area contributed by atoms with Crippen LogP contribution in [0, 0.1) is 0 Å². The molecule has 0 bridgehead atoms. The standard InChI is InChI=1S/C30H19O3P/c31-34(20-11-3-1-4-12-20,21-13-5-2-6-14-21)27-19-26-28(22-15-7-9-17-24(22)32-26)29-23-16-8-10-18-25(23)33-30(27)29/h1-19H. The quantitative estimate of drug-likeness (QED) is 0.265. The van der Waals surface area contributed by atoms with Crippen molar-refractivity contribution in [2.45, 2.75) is 0 Å². The molecule has 0 atom stereocenters. The molecule has 7 aromatic rings. The molecule has 0 fully saturated rings. The van der Waals surface area contributed by atoms with Crippen molar-refractivity contribution < 1.29 is 13.4 Å². The van der Waals surface area contributed by atoms with Crippen molar-refractivity contribution in [3.8, 4) is 0 Å². The molecule has 4 heteroatoms. The first kappa shape index (κ1) is 19.4. The second-order valence-corrected chi connectivity index (χ2v) is 11.2. The topological polar surface area (TPSA) is 43.4 Å². The monoisotopic (exact) mass is 458 g/mol. The molecule has 7 rings (SSSR count). The number of furan rings is 2. The molecule has 34 heavy (non-hydrogen) atoms. The van der Waals surface area contributed by atoms with Crippen LogP contribution < -0.4 is 15.9 Å². The second kappa shape index (κ2) is 7.21. The Balaban J connectivity index is 1.73. The van der Waals surface area contributed by atoms with Crippen LogP contribution in [0.1, 0.15) is 0 Å². The molecule has 0 saturated heterocycles. The summed E-state index contributed by atoms with van der Waals surface area (Å²) in [4.78, 5) is 0. The molecule has 0 radical (unpaired) electrons. The van der Waals surface area contributed by atoms with Crippen molar-refractivity contribution in [2.24, 2.45) is 0 Å². The normalized spacial score (nSPS) is 12.2. The number of fused-ring (bicyclic) bond motifs is 7. The molecular formula is C30H19O3P. The molecule has 2 heterocycles. The van der Waals surface area contributed by atoms with Gasteiger partial charge in [0.05, 0.1) is 5.30 Å². The van der Waals surface area contributed by atoms with Gasteiger partial charge in [-0.05, 0) is 18.2 Å². The van der Waals surface area contributed by atoms with Crippen molar-refractivity contribution in [3.05, 3.63) is 115 Å². The Morgan fingerprint density at radius 1 is 0.500 bits per heavy atom. The number of benzene rings is 5. The van der Waals surface area contributed by atoms with E-state index in [2.05, 4.69) is 12.1 Å². The van der Waals surface area contributed by atoms with Gasteiger partial charge in [0.1, 0.15) is 22.3 Å². The van der Waals surface area contributed by atoms with Gasteiger partial charge in [0.15, 0.2) is 7.14 Å². The first-order valence-electron chi connectivity index (χ1n) is 11.2. The van der Waals surface area contributed by atoms with Gasteiger partial charge in [0.25, 0.3) is 0 Å². The minimum absolute atomic E-state index is 0.649. The Labute approximate surface area is 195 Å². The molecular weight excluding hydrogens is 439 g/mol. The maximum Gasteiger partial charge on any atom is 0.174 e. The van der Waals surface area contributed by atoms with E-state index in [1.54, 1.807) is 0 Å². The fourth-order valence-electron chi connectivity index (χ4n) is 5.02. The molecule has 0 N–H and O–H groups in total. The summed E-state index contributed by atoms with van der Waals surface area (Å²) in [7, 11) is -3.28. The van der Waals surface area contributed by atoms with Crippen LogP contribution >= 0.6 is 7.14 Å². The molecule has 0 unspecified atom stereocenters.